The van der Waals surface area contributed by atoms with Gasteiger partial charge in [-0.25, -0.2) is 0 Å². The maximum Gasteiger partial charge on any atom is 0.186 e. The highest BCUT2D eigenvalue weighted by molar-refractivity contribution is 6.01. The molecule has 0 aromatic heterocycles. The SMILES string of the molecule is C/C1=C\CC/C(C)=C/CCC2(CCc3c(C)c(O)c(C)c(C)c3O2)C2C(/C(C)=C/CC1)c1ccc(cc1O)C1CC(=O)c3c(O)cc(cc3C1)CC1OC(COC3OC(C)C2C(O)C3O)C(O)C(O)C1O. The normalized spacial score (nSPS) is 37.2. The lowest BCUT2D eigenvalue weighted by Gasteiger charge is -2.55. The topological polar surface area (TPSA) is 216 Å². The van der Waals surface area contributed by atoms with Crippen molar-refractivity contribution in [3.63, 3.8) is 0 Å². The molecule has 14 atom stereocenters. The number of allylic oxidation sites excluding steroid dienone is 6. The number of hydrogen-bond donors (Lipinski definition) is 8. The molecule has 8 aliphatic rings. The summed E-state index contributed by atoms with van der Waals surface area (Å²) in [5, 5.41) is 94.1. The number of aliphatic hydroxyl groups is 5. The molecule has 9 bridgehead atoms. The molecular weight excluding hydrogens is 905 g/mol. The van der Waals surface area contributed by atoms with Crippen molar-refractivity contribution in [2.75, 3.05) is 6.61 Å². The Hall–Kier alpha value is -4.57. The molecule has 0 radical (unpaired) electrons. The van der Waals surface area contributed by atoms with E-state index >= 15 is 0 Å². The van der Waals surface area contributed by atoms with Crippen LogP contribution in [0.4, 0.5) is 0 Å². The molecule has 0 amide bonds. The van der Waals surface area contributed by atoms with E-state index in [4.69, 9.17) is 18.9 Å². The van der Waals surface area contributed by atoms with Gasteiger partial charge < -0.3 is 59.8 Å². The average Bonchev–Trinajstić information content (AvgIpc) is 3.33. The van der Waals surface area contributed by atoms with Crippen molar-refractivity contribution < 1.29 is 64.6 Å². The number of aliphatic hydroxyl groups excluding tert-OH is 5. The zero-order chi connectivity index (χ0) is 50.8. The third-order valence-electron chi connectivity index (χ3n) is 17.3. The van der Waals surface area contributed by atoms with E-state index in [-0.39, 0.29) is 54.0 Å². The smallest absolute Gasteiger partial charge is 0.186 e. The van der Waals surface area contributed by atoms with Crippen molar-refractivity contribution in [1.82, 2.24) is 0 Å². The molecule has 14 unspecified atom stereocenters. The van der Waals surface area contributed by atoms with Gasteiger partial charge in [0.2, 0.25) is 0 Å². The van der Waals surface area contributed by atoms with Gasteiger partial charge in [0.15, 0.2) is 12.1 Å². The van der Waals surface area contributed by atoms with Gasteiger partial charge in [0.05, 0.1) is 30.5 Å². The van der Waals surface area contributed by atoms with E-state index in [0.717, 1.165) is 47.1 Å². The van der Waals surface area contributed by atoms with Gasteiger partial charge in [-0.05, 0) is 158 Å². The molecular formula is C58H74O13. The van der Waals surface area contributed by atoms with Crippen molar-refractivity contribution in [3.05, 3.63) is 115 Å². The first-order valence-electron chi connectivity index (χ1n) is 25.8. The maximum atomic E-state index is 13.9. The number of carbonyl (C=O) groups is 1. The fourth-order valence-electron chi connectivity index (χ4n) is 13.1. The van der Waals surface area contributed by atoms with Gasteiger partial charge in [-0.15, -0.1) is 0 Å². The number of ketones is 1. The number of aromatic hydroxyl groups is 3. The monoisotopic (exact) mass is 979 g/mol. The van der Waals surface area contributed by atoms with Gasteiger partial charge in [0.1, 0.15) is 59.1 Å². The van der Waals surface area contributed by atoms with Crippen molar-refractivity contribution in [2.24, 2.45) is 11.8 Å². The number of rotatable bonds is 0. The highest BCUT2D eigenvalue weighted by atomic mass is 16.7. The van der Waals surface area contributed by atoms with Gasteiger partial charge in [-0.3, -0.25) is 4.79 Å². The van der Waals surface area contributed by atoms with E-state index in [2.05, 4.69) is 39.0 Å². The van der Waals surface area contributed by atoms with Gasteiger partial charge in [-0.2, -0.15) is 0 Å². The van der Waals surface area contributed by atoms with Crippen LogP contribution in [-0.2, 0) is 33.5 Å². The molecule has 13 heteroatoms. The molecule has 2 fully saturated rings. The van der Waals surface area contributed by atoms with Gasteiger partial charge in [0.25, 0.3) is 0 Å². The average molecular weight is 979 g/mol. The largest absolute Gasteiger partial charge is 0.508 e. The van der Waals surface area contributed by atoms with Gasteiger partial charge in [-0.1, -0.05) is 53.1 Å². The molecule has 3 aromatic carbocycles. The van der Waals surface area contributed by atoms with E-state index < -0.39 is 78.5 Å². The fraction of sp³-hybridized carbons (Fsp3) is 0.569. The minimum Gasteiger partial charge on any atom is -0.508 e. The third kappa shape index (κ3) is 9.62. The first kappa shape index (κ1) is 51.3. The Balaban J connectivity index is 1.26. The Morgan fingerprint density at radius 1 is 0.662 bits per heavy atom. The van der Waals surface area contributed by atoms with Crippen LogP contribution in [0, 0.1) is 32.6 Å². The summed E-state index contributed by atoms with van der Waals surface area (Å²) in [4.78, 5) is 13.9. The van der Waals surface area contributed by atoms with Crippen LogP contribution < -0.4 is 4.74 Å². The highest BCUT2D eigenvalue weighted by Crippen LogP contribution is 2.57. The van der Waals surface area contributed by atoms with Crippen LogP contribution in [0.1, 0.15) is 146 Å². The third-order valence-corrected chi connectivity index (χ3v) is 17.3. The summed E-state index contributed by atoms with van der Waals surface area (Å²) >= 11 is 0. The van der Waals surface area contributed by atoms with E-state index in [1.165, 1.54) is 17.2 Å². The van der Waals surface area contributed by atoms with Crippen LogP contribution >= 0.6 is 0 Å². The summed E-state index contributed by atoms with van der Waals surface area (Å²) in [6.45, 7) is 13.6. The summed E-state index contributed by atoms with van der Waals surface area (Å²) in [6, 6.07) is 8.89. The van der Waals surface area contributed by atoms with Crippen LogP contribution in [0.25, 0.3) is 0 Å². The number of Topliss-reactive ketones (excluding diaryl/α,β-unsaturated/α-hetero) is 1. The van der Waals surface area contributed by atoms with Crippen molar-refractivity contribution in [1.29, 1.82) is 0 Å². The molecule has 6 aliphatic heterocycles. The van der Waals surface area contributed by atoms with E-state index in [1.807, 2.05) is 39.8 Å². The van der Waals surface area contributed by atoms with Crippen LogP contribution in [-0.4, -0.2) is 114 Å². The van der Waals surface area contributed by atoms with Crippen LogP contribution in [0.15, 0.2) is 65.3 Å². The summed E-state index contributed by atoms with van der Waals surface area (Å²) in [6.07, 6.45) is 0.415. The summed E-state index contributed by atoms with van der Waals surface area (Å²) in [5.74, 6) is -2.06. The molecule has 8 N–H and O–H groups in total. The first-order valence-corrected chi connectivity index (χ1v) is 25.8. The molecule has 71 heavy (non-hydrogen) atoms. The van der Waals surface area contributed by atoms with E-state index in [9.17, 15) is 45.6 Å². The van der Waals surface area contributed by atoms with Gasteiger partial charge >= 0.3 is 0 Å². The Labute approximate surface area is 417 Å². The Morgan fingerprint density at radius 2 is 1.37 bits per heavy atom. The zero-order valence-corrected chi connectivity index (χ0v) is 42.2. The number of phenolic OH excluding ortho intramolecular Hbond substituents is 3. The molecule has 2 saturated heterocycles. The fourth-order valence-corrected chi connectivity index (χ4v) is 13.1. The van der Waals surface area contributed by atoms with Crippen LogP contribution in [0.2, 0.25) is 0 Å². The number of fused-ring (bicyclic) bond motifs is 3. The summed E-state index contributed by atoms with van der Waals surface area (Å²) < 4.78 is 26.8. The van der Waals surface area contributed by atoms with Crippen molar-refractivity contribution in [3.8, 4) is 23.0 Å². The number of carbonyl (C=O) groups excluding carboxylic acids is 1. The molecule has 6 heterocycles. The second-order valence-corrected chi connectivity index (χ2v) is 21.9. The molecule has 11 rings (SSSR count). The highest BCUT2D eigenvalue weighted by Gasteiger charge is 2.58. The number of phenols is 3. The molecule has 13 nitrogen and oxygen atoms in total. The molecule has 3 aromatic rings. The Kier molecular flexibility index (Phi) is 14.7. The lowest BCUT2D eigenvalue weighted by atomic mass is 9.59. The summed E-state index contributed by atoms with van der Waals surface area (Å²) in [5.41, 5.74) is 8.26. The summed E-state index contributed by atoms with van der Waals surface area (Å²) in [7, 11) is 0. The standard InChI is InChI=1S/C58H74O13/c1-28-11-8-12-29(2)14-10-19-58(20-18-39-33(6)50(62)31(4)32(5)56(39)71-58)49-46(30(3)15-9-13-28)40-17-16-36(25-41(40)59)37-24-38-21-35(22-42(60)48(38)43(61)26-37)23-44-51(63)54(66)52(64)45(70-44)27-68-57-55(67)53(65)47(49)34(7)69-57/h11,14-17,21-22,25,34,37,44-47,49,51-55,57,59-60,62-67H,8-10,12-13,18-20,23-24,26-27H2,1-7H3/b28-11+,29-14+,30-15+. The maximum absolute atomic E-state index is 13.9. The number of ether oxygens (including phenoxy) is 4. The van der Waals surface area contributed by atoms with Crippen LogP contribution in [0.3, 0.4) is 0 Å². The zero-order valence-electron chi connectivity index (χ0n) is 42.2. The predicted molar refractivity (Wildman–Crippen MR) is 267 cm³/mol. The van der Waals surface area contributed by atoms with E-state index in [0.29, 0.717) is 66.5 Å². The molecule has 384 valence electrons. The minimum atomic E-state index is -1.63. The lowest BCUT2D eigenvalue weighted by molar-refractivity contribution is -0.310. The van der Waals surface area contributed by atoms with Gasteiger partial charge in [0, 0.05) is 41.7 Å². The second kappa shape index (κ2) is 20.4. The molecule has 0 saturated carbocycles. The second-order valence-electron chi connectivity index (χ2n) is 21.9. The van der Waals surface area contributed by atoms with Crippen molar-refractivity contribution in [2.45, 2.75) is 192 Å². The van der Waals surface area contributed by atoms with E-state index in [1.54, 1.807) is 12.1 Å². The quantitative estimate of drug-likeness (QED) is 0.101. The Morgan fingerprint density at radius 3 is 2.10 bits per heavy atom. The molecule has 2 aliphatic carbocycles. The Bertz CT molecular complexity index is 2610. The van der Waals surface area contributed by atoms with Crippen molar-refractivity contribution >= 4 is 5.78 Å². The molecule has 1 spiro atoms. The predicted octanol–water partition coefficient (Wildman–Crippen LogP) is 7.80. The van der Waals surface area contributed by atoms with Crippen LogP contribution in [0.5, 0.6) is 23.0 Å². The lowest BCUT2D eigenvalue weighted by Crippen LogP contribution is -2.63. The number of benzene rings is 3. The minimum absolute atomic E-state index is 0.00555. The first-order chi connectivity index (χ1) is 33.8. The number of hydrogen-bond acceptors (Lipinski definition) is 13.